The Morgan fingerprint density at radius 3 is 2.50 bits per heavy atom. The lowest BCUT2D eigenvalue weighted by Gasteiger charge is -2.22. The van der Waals surface area contributed by atoms with Gasteiger partial charge in [0.05, 0.1) is 11.0 Å². The van der Waals surface area contributed by atoms with Crippen molar-refractivity contribution in [2.75, 3.05) is 5.32 Å². The first-order valence-electron chi connectivity index (χ1n) is 9.46. The number of benzene rings is 2. The topological polar surface area (TPSA) is 86.9 Å². The van der Waals surface area contributed by atoms with Crippen LogP contribution in [0, 0.1) is 0 Å². The average Bonchev–Trinajstić information content (AvgIpc) is 3.12. The van der Waals surface area contributed by atoms with Crippen molar-refractivity contribution in [3.63, 3.8) is 0 Å². The number of imidazole rings is 1. The van der Waals surface area contributed by atoms with Gasteiger partial charge in [-0.2, -0.15) is 0 Å². The van der Waals surface area contributed by atoms with E-state index in [1.165, 1.54) is 19.3 Å². The van der Waals surface area contributed by atoms with E-state index in [4.69, 9.17) is 11.6 Å². The largest absolute Gasteiger partial charge is 0.349 e. The Bertz CT molecular complexity index is 1010. The van der Waals surface area contributed by atoms with Crippen molar-refractivity contribution in [3.8, 4) is 11.4 Å². The third-order valence-electron chi connectivity index (χ3n) is 5.09. The lowest BCUT2D eigenvalue weighted by Crippen LogP contribution is -2.36. The van der Waals surface area contributed by atoms with Crippen molar-refractivity contribution in [2.45, 2.75) is 38.1 Å². The number of carbonyl (C=O) groups is 2. The van der Waals surface area contributed by atoms with Crippen LogP contribution < -0.4 is 10.6 Å². The van der Waals surface area contributed by atoms with Crippen molar-refractivity contribution in [3.05, 3.63) is 48.0 Å². The van der Waals surface area contributed by atoms with Gasteiger partial charge in [0.25, 0.3) is 5.91 Å². The highest BCUT2D eigenvalue weighted by Gasteiger charge is 2.17. The fourth-order valence-corrected chi connectivity index (χ4v) is 3.74. The number of H-pyrrole nitrogens is 1. The standard InChI is InChI=1S/C21H21ClN4O2/c22-21(28)24-16-9-6-13(7-10-16)19-25-17-11-8-14(12-18(17)26-19)20(27)23-15-4-2-1-3-5-15/h6-12,15H,1-5H2,(H,23,27)(H,24,28)(H,25,26). The maximum atomic E-state index is 12.6. The molecule has 0 aliphatic heterocycles. The maximum Gasteiger partial charge on any atom is 0.318 e. The number of amides is 2. The van der Waals surface area contributed by atoms with E-state index < -0.39 is 5.37 Å². The van der Waals surface area contributed by atoms with Gasteiger partial charge in [0.1, 0.15) is 5.82 Å². The molecule has 0 saturated heterocycles. The molecule has 0 bridgehead atoms. The Kier molecular flexibility index (Phi) is 5.30. The SMILES string of the molecule is O=C(Cl)Nc1ccc(-c2nc3ccc(C(=O)NC4CCCCC4)cc3[nH]2)cc1. The van der Waals surface area contributed by atoms with Crippen LogP contribution in [0.15, 0.2) is 42.5 Å². The molecule has 6 nitrogen and oxygen atoms in total. The van der Waals surface area contributed by atoms with Gasteiger partial charge in [0.2, 0.25) is 0 Å². The first kappa shape index (κ1) is 18.5. The maximum absolute atomic E-state index is 12.6. The van der Waals surface area contributed by atoms with Gasteiger partial charge in [0.15, 0.2) is 0 Å². The molecule has 7 heteroatoms. The summed E-state index contributed by atoms with van der Waals surface area (Å²) < 4.78 is 0. The van der Waals surface area contributed by atoms with Gasteiger partial charge in [-0.3, -0.25) is 9.59 Å². The summed E-state index contributed by atoms with van der Waals surface area (Å²) in [5.41, 5.74) is 3.72. The monoisotopic (exact) mass is 396 g/mol. The second kappa shape index (κ2) is 8.02. The van der Waals surface area contributed by atoms with E-state index in [2.05, 4.69) is 20.6 Å². The summed E-state index contributed by atoms with van der Waals surface area (Å²) >= 11 is 5.32. The zero-order chi connectivity index (χ0) is 19.5. The van der Waals surface area contributed by atoms with Gasteiger partial charge < -0.3 is 15.6 Å². The first-order chi connectivity index (χ1) is 13.6. The smallest absolute Gasteiger partial charge is 0.318 e. The summed E-state index contributed by atoms with van der Waals surface area (Å²) in [6, 6.07) is 13.0. The van der Waals surface area contributed by atoms with Gasteiger partial charge in [-0.15, -0.1) is 0 Å². The Morgan fingerprint density at radius 1 is 1.04 bits per heavy atom. The average molecular weight is 397 g/mol. The van der Waals surface area contributed by atoms with E-state index in [1.807, 2.05) is 30.3 Å². The number of aromatic nitrogens is 2. The summed E-state index contributed by atoms with van der Waals surface area (Å²) in [5.74, 6) is 0.662. The summed E-state index contributed by atoms with van der Waals surface area (Å²) in [5, 5.41) is 5.03. The summed E-state index contributed by atoms with van der Waals surface area (Å²) in [6.07, 6.45) is 5.74. The van der Waals surface area contributed by atoms with Crippen LogP contribution in [-0.4, -0.2) is 27.3 Å². The predicted octanol–water partition coefficient (Wildman–Crippen LogP) is 5.06. The molecule has 1 aliphatic rings. The number of rotatable bonds is 4. The minimum Gasteiger partial charge on any atom is -0.349 e. The van der Waals surface area contributed by atoms with Crippen LogP contribution in [-0.2, 0) is 0 Å². The summed E-state index contributed by atoms with van der Waals surface area (Å²) in [4.78, 5) is 31.3. The van der Waals surface area contributed by atoms with E-state index >= 15 is 0 Å². The quantitative estimate of drug-likeness (QED) is 0.425. The number of nitrogens with zero attached hydrogens (tertiary/aromatic N) is 1. The van der Waals surface area contributed by atoms with E-state index in [0.29, 0.717) is 17.1 Å². The van der Waals surface area contributed by atoms with E-state index in [9.17, 15) is 9.59 Å². The van der Waals surface area contributed by atoms with Gasteiger partial charge in [-0.05, 0) is 66.9 Å². The van der Waals surface area contributed by atoms with Gasteiger partial charge >= 0.3 is 5.37 Å². The zero-order valence-electron chi connectivity index (χ0n) is 15.3. The fourth-order valence-electron chi connectivity index (χ4n) is 3.63. The minimum absolute atomic E-state index is 0.0360. The summed E-state index contributed by atoms with van der Waals surface area (Å²) in [6.45, 7) is 0. The third kappa shape index (κ3) is 4.17. The summed E-state index contributed by atoms with van der Waals surface area (Å²) in [7, 11) is 0. The molecule has 3 aromatic rings. The Labute approximate surface area is 167 Å². The second-order valence-corrected chi connectivity index (χ2v) is 7.45. The molecule has 144 valence electrons. The number of nitrogens with one attached hydrogen (secondary N) is 3. The van der Waals surface area contributed by atoms with Crippen LogP contribution >= 0.6 is 11.6 Å². The molecule has 3 N–H and O–H groups in total. The first-order valence-corrected chi connectivity index (χ1v) is 9.84. The number of hydrogen-bond donors (Lipinski definition) is 3. The zero-order valence-corrected chi connectivity index (χ0v) is 16.1. The Morgan fingerprint density at radius 2 is 1.79 bits per heavy atom. The highest BCUT2D eigenvalue weighted by Crippen LogP contribution is 2.23. The Hall–Kier alpha value is -2.86. The van der Waals surface area contributed by atoms with Gasteiger partial charge in [0, 0.05) is 22.9 Å². The van der Waals surface area contributed by atoms with Crippen LogP contribution in [0.5, 0.6) is 0 Å². The van der Waals surface area contributed by atoms with E-state index in [1.54, 1.807) is 12.1 Å². The molecule has 1 aliphatic carbocycles. The molecular formula is C21H21ClN4O2. The fraction of sp³-hybridized carbons (Fsp3) is 0.286. The van der Waals surface area contributed by atoms with Crippen molar-refractivity contribution in [1.29, 1.82) is 0 Å². The number of aromatic amines is 1. The molecule has 0 radical (unpaired) electrons. The Balaban J connectivity index is 1.52. The van der Waals surface area contributed by atoms with Crippen molar-refractivity contribution >= 4 is 39.6 Å². The number of hydrogen-bond acceptors (Lipinski definition) is 3. The van der Waals surface area contributed by atoms with Crippen LogP contribution in [0.25, 0.3) is 22.4 Å². The third-order valence-corrected chi connectivity index (χ3v) is 5.18. The van der Waals surface area contributed by atoms with Crippen LogP contribution in [0.4, 0.5) is 10.5 Å². The number of halogens is 1. The molecule has 0 atom stereocenters. The molecule has 1 aromatic heterocycles. The predicted molar refractivity (Wildman–Crippen MR) is 111 cm³/mol. The number of carbonyl (C=O) groups excluding carboxylic acids is 2. The second-order valence-electron chi connectivity index (χ2n) is 7.10. The van der Waals surface area contributed by atoms with Crippen molar-refractivity contribution in [1.82, 2.24) is 15.3 Å². The van der Waals surface area contributed by atoms with Crippen LogP contribution in [0.2, 0.25) is 0 Å². The minimum atomic E-state index is -0.629. The van der Waals surface area contributed by atoms with Crippen molar-refractivity contribution in [2.24, 2.45) is 0 Å². The molecule has 1 heterocycles. The lowest BCUT2D eigenvalue weighted by molar-refractivity contribution is 0.0928. The van der Waals surface area contributed by atoms with Crippen LogP contribution in [0.3, 0.4) is 0 Å². The van der Waals surface area contributed by atoms with Crippen molar-refractivity contribution < 1.29 is 9.59 Å². The number of fused-ring (bicyclic) bond motifs is 1. The molecule has 2 amide bonds. The van der Waals surface area contributed by atoms with Crippen LogP contribution in [0.1, 0.15) is 42.5 Å². The molecule has 4 rings (SSSR count). The highest BCUT2D eigenvalue weighted by molar-refractivity contribution is 6.65. The molecular weight excluding hydrogens is 376 g/mol. The molecule has 0 spiro atoms. The lowest BCUT2D eigenvalue weighted by atomic mass is 9.95. The van der Waals surface area contributed by atoms with E-state index in [0.717, 1.165) is 29.4 Å². The molecule has 28 heavy (non-hydrogen) atoms. The molecule has 1 fully saturated rings. The molecule has 1 saturated carbocycles. The van der Waals surface area contributed by atoms with E-state index in [-0.39, 0.29) is 11.9 Å². The number of anilines is 1. The normalized spacial score (nSPS) is 14.8. The van der Waals surface area contributed by atoms with Gasteiger partial charge in [-0.1, -0.05) is 19.3 Å². The molecule has 2 aromatic carbocycles. The highest BCUT2D eigenvalue weighted by atomic mass is 35.5. The van der Waals surface area contributed by atoms with Gasteiger partial charge in [-0.25, -0.2) is 4.98 Å². The molecule has 0 unspecified atom stereocenters.